The van der Waals surface area contributed by atoms with Crippen LogP contribution in [0.15, 0.2) is 4.99 Å². The molecule has 0 amide bonds. The van der Waals surface area contributed by atoms with Crippen LogP contribution in [0.5, 0.6) is 0 Å². The van der Waals surface area contributed by atoms with Gasteiger partial charge in [-0.3, -0.25) is 4.99 Å². The lowest BCUT2D eigenvalue weighted by atomic mass is 10.0. The summed E-state index contributed by atoms with van der Waals surface area (Å²) in [5.74, 6) is 2.13. The zero-order valence-corrected chi connectivity index (χ0v) is 12.3. The van der Waals surface area contributed by atoms with Crippen molar-refractivity contribution in [3.63, 3.8) is 0 Å². The van der Waals surface area contributed by atoms with Crippen molar-refractivity contribution < 1.29 is 0 Å². The molecule has 106 valence electrons. The van der Waals surface area contributed by atoms with E-state index in [2.05, 4.69) is 36.0 Å². The molecule has 0 aromatic rings. The van der Waals surface area contributed by atoms with Crippen LogP contribution in [0.3, 0.4) is 0 Å². The molecule has 4 nitrogen and oxygen atoms in total. The summed E-state index contributed by atoms with van der Waals surface area (Å²) in [6, 6.07) is 0. The zero-order valence-electron chi connectivity index (χ0n) is 12.3. The highest BCUT2D eigenvalue weighted by atomic mass is 15.2. The Morgan fingerprint density at radius 1 is 1.50 bits per heavy atom. The molecule has 0 aromatic carbocycles. The van der Waals surface area contributed by atoms with E-state index in [4.69, 9.17) is 5.73 Å². The van der Waals surface area contributed by atoms with Crippen molar-refractivity contribution in [2.24, 2.45) is 22.6 Å². The molecule has 0 saturated carbocycles. The number of nitrogens with zero attached hydrogens (tertiary/aromatic N) is 2. The Labute approximate surface area is 112 Å². The number of nitrogens with one attached hydrogen (secondary N) is 1. The first kappa shape index (κ1) is 15.3. The normalized spacial score (nSPS) is 22.4. The molecule has 1 rings (SSSR count). The summed E-state index contributed by atoms with van der Waals surface area (Å²) in [4.78, 5) is 6.84. The van der Waals surface area contributed by atoms with Crippen molar-refractivity contribution >= 4 is 5.96 Å². The van der Waals surface area contributed by atoms with Gasteiger partial charge in [0.2, 0.25) is 0 Å². The van der Waals surface area contributed by atoms with Gasteiger partial charge in [-0.2, -0.15) is 0 Å². The van der Waals surface area contributed by atoms with Crippen LogP contribution in [0, 0.1) is 11.8 Å². The van der Waals surface area contributed by atoms with Crippen molar-refractivity contribution in [2.75, 3.05) is 32.7 Å². The van der Waals surface area contributed by atoms with E-state index in [1.165, 1.54) is 25.9 Å². The van der Waals surface area contributed by atoms with Gasteiger partial charge in [-0.15, -0.1) is 0 Å². The Hall–Kier alpha value is -0.770. The highest BCUT2D eigenvalue weighted by molar-refractivity contribution is 5.77. The highest BCUT2D eigenvalue weighted by Gasteiger charge is 2.15. The Morgan fingerprint density at radius 3 is 2.94 bits per heavy atom. The van der Waals surface area contributed by atoms with E-state index >= 15 is 0 Å². The van der Waals surface area contributed by atoms with Gasteiger partial charge in [0.1, 0.15) is 0 Å². The molecule has 1 fully saturated rings. The molecule has 4 heteroatoms. The number of aliphatic imine (C=N–C) groups is 1. The number of rotatable bonds is 6. The van der Waals surface area contributed by atoms with Crippen LogP contribution in [0.1, 0.15) is 40.0 Å². The van der Waals surface area contributed by atoms with Crippen LogP contribution in [0.25, 0.3) is 0 Å². The SMILES string of the molecule is CC(C)CCN=C(N)NCCN1CCCC(C)C1. The van der Waals surface area contributed by atoms with E-state index in [0.717, 1.165) is 32.0 Å². The lowest BCUT2D eigenvalue weighted by Crippen LogP contribution is -2.42. The minimum atomic E-state index is 0.598. The van der Waals surface area contributed by atoms with Gasteiger partial charge in [0.15, 0.2) is 5.96 Å². The van der Waals surface area contributed by atoms with Gasteiger partial charge in [0.05, 0.1) is 0 Å². The molecule has 18 heavy (non-hydrogen) atoms. The van der Waals surface area contributed by atoms with E-state index < -0.39 is 0 Å². The molecule has 3 N–H and O–H groups in total. The van der Waals surface area contributed by atoms with Crippen LogP contribution in [0.4, 0.5) is 0 Å². The zero-order chi connectivity index (χ0) is 13.4. The summed E-state index contributed by atoms with van der Waals surface area (Å²) < 4.78 is 0. The fourth-order valence-electron chi connectivity index (χ4n) is 2.33. The quantitative estimate of drug-likeness (QED) is 0.560. The largest absolute Gasteiger partial charge is 0.370 e. The first-order valence-corrected chi connectivity index (χ1v) is 7.34. The van der Waals surface area contributed by atoms with Crippen molar-refractivity contribution in [1.29, 1.82) is 0 Å². The van der Waals surface area contributed by atoms with Crippen LogP contribution in [-0.4, -0.2) is 43.6 Å². The van der Waals surface area contributed by atoms with Crippen molar-refractivity contribution in [3.8, 4) is 0 Å². The number of guanidine groups is 1. The highest BCUT2D eigenvalue weighted by Crippen LogP contribution is 2.14. The monoisotopic (exact) mass is 254 g/mol. The lowest BCUT2D eigenvalue weighted by molar-refractivity contribution is 0.187. The fourth-order valence-corrected chi connectivity index (χ4v) is 2.33. The summed E-state index contributed by atoms with van der Waals surface area (Å²) in [7, 11) is 0. The molecule has 0 aromatic heterocycles. The Morgan fingerprint density at radius 2 is 2.28 bits per heavy atom. The van der Waals surface area contributed by atoms with Crippen molar-refractivity contribution in [2.45, 2.75) is 40.0 Å². The van der Waals surface area contributed by atoms with Gasteiger partial charge in [-0.25, -0.2) is 0 Å². The standard InChI is InChI=1S/C14H30N4/c1-12(2)6-7-16-14(15)17-8-10-18-9-4-5-13(3)11-18/h12-13H,4-11H2,1-3H3,(H3,15,16,17). The van der Waals surface area contributed by atoms with Crippen LogP contribution >= 0.6 is 0 Å². The molecule has 0 radical (unpaired) electrons. The summed E-state index contributed by atoms with van der Waals surface area (Å²) in [6.07, 6.45) is 3.81. The molecule has 0 bridgehead atoms. The summed E-state index contributed by atoms with van der Waals surface area (Å²) >= 11 is 0. The predicted octanol–water partition coefficient (Wildman–Crippen LogP) is 1.67. The molecular formula is C14H30N4. The molecule has 1 aliphatic rings. The smallest absolute Gasteiger partial charge is 0.188 e. The Balaban J connectivity index is 2.09. The number of nitrogens with two attached hydrogens (primary N) is 1. The molecule has 1 aliphatic heterocycles. The molecule has 1 saturated heterocycles. The summed E-state index contributed by atoms with van der Waals surface area (Å²) in [5, 5.41) is 3.20. The maximum Gasteiger partial charge on any atom is 0.188 e. The first-order chi connectivity index (χ1) is 8.58. The van der Waals surface area contributed by atoms with Gasteiger partial charge in [0, 0.05) is 26.2 Å². The number of hydrogen-bond donors (Lipinski definition) is 2. The van der Waals surface area contributed by atoms with Crippen LogP contribution in [0.2, 0.25) is 0 Å². The number of hydrogen-bond acceptors (Lipinski definition) is 2. The Kier molecular flexibility index (Phi) is 7.09. The van der Waals surface area contributed by atoms with Gasteiger partial charge < -0.3 is 16.0 Å². The average Bonchev–Trinajstić information content (AvgIpc) is 2.28. The van der Waals surface area contributed by atoms with Gasteiger partial charge in [0.25, 0.3) is 0 Å². The lowest BCUT2D eigenvalue weighted by Gasteiger charge is -2.30. The number of likely N-dealkylation sites (tertiary alicyclic amines) is 1. The maximum atomic E-state index is 5.82. The van der Waals surface area contributed by atoms with Gasteiger partial charge in [-0.1, -0.05) is 20.8 Å². The second-order valence-corrected chi connectivity index (χ2v) is 5.92. The maximum absolute atomic E-state index is 5.82. The van der Waals surface area contributed by atoms with E-state index in [1.807, 2.05) is 0 Å². The summed E-state index contributed by atoms with van der Waals surface area (Å²) in [5.41, 5.74) is 5.82. The van der Waals surface area contributed by atoms with E-state index in [9.17, 15) is 0 Å². The molecule has 1 heterocycles. The fraction of sp³-hybridized carbons (Fsp3) is 0.929. The third-order valence-corrected chi connectivity index (χ3v) is 3.46. The molecule has 1 unspecified atom stereocenters. The minimum absolute atomic E-state index is 0.598. The van der Waals surface area contributed by atoms with Gasteiger partial charge >= 0.3 is 0 Å². The van der Waals surface area contributed by atoms with Crippen LogP contribution < -0.4 is 11.1 Å². The topological polar surface area (TPSA) is 53.6 Å². The third-order valence-electron chi connectivity index (χ3n) is 3.46. The number of piperidine rings is 1. The third kappa shape index (κ3) is 6.84. The van der Waals surface area contributed by atoms with Crippen molar-refractivity contribution in [3.05, 3.63) is 0 Å². The Bertz CT molecular complexity index is 250. The van der Waals surface area contributed by atoms with E-state index in [0.29, 0.717) is 11.9 Å². The molecular weight excluding hydrogens is 224 g/mol. The minimum Gasteiger partial charge on any atom is -0.370 e. The van der Waals surface area contributed by atoms with E-state index in [1.54, 1.807) is 0 Å². The molecule has 0 aliphatic carbocycles. The first-order valence-electron chi connectivity index (χ1n) is 7.34. The second-order valence-electron chi connectivity index (χ2n) is 5.92. The van der Waals surface area contributed by atoms with Gasteiger partial charge in [-0.05, 0) is 37.6 Å². The predicted molar refractivity (Wildman–Crippen MR) is 78.8 cm³/mol. The van der Waals surface area contributed by atoms with Crippen LogP contribution in [-0.2, 0) is 0 Å². The average molecular weight is 254 g/mol. The van der Waals surface area contributed by atoms with E-state index in [-0.39, 0.29) is 0 Å². The molecule has 0 spiro atoms. The second kappa shape index (κ2) is 8.35. The summed E-state index contributed by atoms with van der Waals surface area (Å²) in [6.45, 7) is 12.0. The van der Waals surface area contributed by atoms with Crippen molar-refractivity contribution in [1.82, 2.24) is 10.2 Å². The molecule has 1 atom stereocenters.